The molecule has 5 nitrogen and oxygen atoms in total. The van der Waals surface area contributed by atoms with Gasteiger partial charge in [-0.1, -0.05) is 12.1 Å². The summed E-state index contributed by atoms with van der Waals surface area (Å²) in [7, 11) is 1.41. The predicted octanol–water partition coefficient (Wildman–Crippen LogP) is 2.48. The molecule has 0 spiro atoms. The van der Waals surface area contributed by atoms with Gasteiger partial charge in [0.25, 0.3) is 0 Å². The summed E-state index contributed by atoms with van der Waals surface area (Å²) in [5.74, 6) is 0.673. The molecule has 23 heavy (non-hydrogen) atoms. The van der Waals surface area contributed by atoms with Gasteiger partial charge in [-0.3, -0.25) is 9.59 Å². The SMILES string of the molecule is COC(=O)C1CCN(C(=O)CCOc2cccc(C)c2C)CC1. The van der Waals surface area contributed by atoms with Gasteiger partial charge in [0.2, 0.25) is 5.91 Å². The third-order valence-electron chi connectivity index (χ3n) is 4.51. The fraction of sp³-hybridized carbons (Fsp3) is 0.556. The summed E-state index contributed by atoms with van der Waals surface area (Å²) in [6.45, 7) is 5.66. The number of ether oxygens (including phenoxy) is 2. The van der Waals surface area contributed by atoms with Gasteiger partial charge in [-0.25, -0.2) is 0 Å². The fourth-order valence-corrected chi connectivity index (χ4v) is 2.82. The number of carbonyl (C=O) groups excluding carboxylic acids is 2. The molecule has 0 N–H and O–H groups in total. The third-order valence-corrected chi connectivity index (χ3v) is 4.51. The van der Waals surface area contributed by atoms with E-state index >= 15 is 0 Å². The van der Waals surface area contributed by atoms with Gasteiger partial charge in [-0.15, -0.1) is 0 Å². The largest absolute Gasteiger partial charge is 0.493 e. The second kappa shape index (κ2) is 7.99. The van der Waals surface area contributed by atoms with Crippen molar-refractivity contribution in [3.63, 3.8) is 0 Å². The Kier molecular flexibility index (Phi) is 6.02. The minimum atomic E-state index is -0.171. The molecular formula is C18H25NO4. The van der Waals surface area contributed by atoms with Crippen LogP contribution >= 0.6 is 0 Å². The van der Waals surface area contributed by atoms with Crippen molar-refractivity contribution in [2.75, 3.05) is 26.8 Å². The Morgan fingerprint density at radius 2 is 1.91 bits per heavy atom. The van der Waals surface area contributed by atoms with Gasteiger partial charge in [-0.2, -0.15) is 0 Å². The highest BCUT2D eigenvalue weighted by atomic mass is 16.5. The highest BCUT2D eigenvalue weighted by molar-refractivity contribution is 5.77. The van der Waals surface area contributed by atoms with Crippen LogP contribution in [0.1, 0.15) is 30.4 Å². The number of hydrogen-bond donors (Lipinski definition) is 0. The molecule has 1 aromatic carbocycles. The first kappa shape index (κ1) is 17.3. The topological polar surface area (TPSA) is 55.8 Å². The van der Waals surface area contributed by atoms with Crippen molar-refractivity contribution in [3.8, 4) is 5.75 Å². The summed E-state index contributed by atoms with van der Waals surface area (Å²) in [6, 6.07) is 5.92. The number of piperidine rings is 1. The molecule has 0 radical (unpaired) electrons. The Morgan fingerprint density at radius 1 is 1.22 bits per heavy atom. The monoisotopic (exact) mass is 319 g/mol. The van der Waals surface area contributed by atoms with Crippen molar-refractivity contribution < 1.29 is 19.1 Å². The summed E-state index contributed by atoms with van der Waals surface area (Å²) in [6.07, 6.45) is 1.71. The average molecular weight is 319 g/mol. The lowest BCUT2D eigenvalue weighted by Gasteiger charge is -2.30. The van der Waals surface area contributed by atoms with E-state index in [4.69, 9.17) is 9.47 Å². The molecule has 0 saturated carbocycles. The lowest BCUT2D eigenvalue weighted by Crippen LogP contribution is -2.40. The number of carbonyl (C=O) groups is 2. The number of esters is 1. The van der Waals surface area contributed by atoms with E-state index in [-0.39, 0.29) is 17.8 Å². The van der Waals surface area contributed by atoms with Crippen molar-refractivity contribution in [3.05, 3.63) is 29.3 Å². The van der Waals surface area contributed by atoms with Crippen LogP contribution in [0.3, 0.4) is 0 Å². The van der Waals surface area contributed by atoms with E-state index in [0.29, 0.717) is 39.0 Å². The average Bonchev–Trinajstić information content (AvgIpc) is 2.58. The molecule has 0 unspecified atom stereocenters. The Balaban J connectivity index is 1.76. The molecule has 1 fully saturated rings. The minimum Gasteiger partial charge on any atom is -0.493 e. The van der Waals surface area contributed by atoms with Gasteiger partial charge in [-0.05, 0) is 43.9 Å². The van der Waals surface area contributed by atoms with Gasteiger partial charge in [0.1, 0.15) is 5.75 Å². The molecule has 126 valence electrons. The van der Waals surface area contributed by atoms with Crippen molar-refractivity contribution >= 4 is 11.9 Å². The van der Waals surface area contributed by atoms with Gasteiger partial charge in [0, 0.05) is 13.1 Å². The van der Waals surface area contributed by atoms with Crippen LogP contribution < -0.4 is 4.74 Å². The van der Waals surface area contributed by atoms with Crippen LogP contribution in [-0.2, 0) is 14.3 Å². The lowest BCUT2D eigenvalue weighted by molar-refractivity contribution is -0.149. The van der Waals surface area contributed by atoms with Crippen molar-refractivity contribution in [1.29, 1.82) is 0 Å². The first-order valence-electron chi connectivity index (χ1n) is 8.07. The highest BCUT2D eigenvalue weighted by Crippen LogP contribution is 2.21. The van der Waals surface area contributed by atoms with E-state index in [1.54, 1.807) is 0 Å². The Morgan fingerprint density at radius 3 is 2.57 bits per heavy atom. The Hall–Kier alpha value is -2.04. The number of nitrogens with zero attached hydrogens (tertiary/aromatic N) is 1. The van der Waals surface area contributed by atoms with Crippen LogP contribution in [0.5, 0.6) is 5.75 Å². The normalized spacial score (nSPS) is 15.3. The number of methoxy groups -OCH3 is 1. The standard InChI is InChI=1S/C18H25NO4/c1-13-5-4-6-16(14(13)2)23-12-9-17(20)19-10-7-15(8-11-19)18(21)22-3/h4-6,15H,7-12H2,1-3H3. The van der Waals surface area contributed by atoms with Crippen molar-refractivity contribution in [2.45, 2.75) is 33.1 Å². The molecule has 1 amide bonds. The summed E-state index contributed by atoms with van der Waals surface area (Å²) in [4.78, 5) is 25.5. The summed E-state index contributed by atoms with van der Waals surface area (Å²) in [5, 5.41) is 0. The molecule has 1 aliphatic rings. The Bertz CT molecular complexity index is 562. The Labute approximate surface area is 137 Å². The van der Waals surface area contributed by atoms with E-state index in [9.17, 15) is 9.59 Å². The zero-order valence-electron chi connectivity index (χ0n) is 14.1. The van der Waals surface area contributed by atoms with Gasteiger partial charge < -0.3 is 14.4 Å². The molecule has 1 aliphatic heterocycles. The summed E-state index contributed by atoms with van der Waals surface area (Å²) >= 11 is 0. The molecule has 0 aromatic heterocycles. The number of hydrogen-bond acceptors (Lipinski definition) is 4. The molecule has 0 aliphatic carbocycles. The zero-order chi connectivity index (χ0) is 16.8. The number of amides is 1. The number of likely N-dealkylation sites (tertiary alicyclic amines) is 1. The molecule has 5 heteroatoms. The molecular weight excluding hydrogens is 294 g/mol. The van der Waals surface area contributed by atoms with E-state index in [1.165, 1.54) is 12.7 Å². The maximum absolute atomic E-state index is 12.2. The molecule has 0 bridgehead atoms. The highest BCUT2D eigenvalue weighted by Gasteiger charge is 2.27. The lowest BCUT2D eigenvalue weighted by atomic mass is 9.97. The van der Waals surface area contributed by atoms with Crippen LogP contribution in [0.15, 0.2) is 18.2 Å². The quantitative estimate of drug-likeness (QED) is 0.783. The molecule has 1 saturated heterocycles. The smallest absolute Gasteiger partial charge is 0.308 e. The second-order valence-electron chi connectivity index (χ2n) is 5.97. The molecule has 2 rings (SSSR count). The van der Waals surface area contributed by atoms with Crippen molar-refractivity contribution in [1.82, 2.24) is 4.90 Å². The van der Waals surface area contributed by atoms with Crippen LogP contribution in [0, 0.1) is 19.8 Å². The molecule has 0 atom stereocenters. The number of rotatable bonds is 5. The number of benzene rings is 1. The summed E-state index contributed by atoms with van der Waals surface area (Å²) in [5.41, 5.74) is 2.29. The van der Waals surface area contributed by atoms with Crippen LogP contribution in [0.25, 0.3) is 0 Å². The van der Waals surface area contributed by atoms with Crippen LogP contribution in [0.4, 0.5) is 0 Å². The van der Waals surface area contributed by atoms with E-state index in [2.05, 4.69) is 0 Å². The first-order chi connectivity index (χ1) is 11.0. The van der Waals surface area contributed by atoms with E-state index in [1.807, 2.05) is 36.9 Å². The maximum Gasteiger partial charge on any atom is 0.308 e. The predicted molar refractivity (Wildman–Crippen MR) is 87.3 cm³/mol. The second-order valence-corrected chi connectivity index (χ2v) is 5.97. The van der Waals surface area contributed by atoms with E-state index in [0.717, 1.165) is 11.3 Å². The first-order valence-corrected chi connectivity index (χ1v) is 8.07. The minimum absolute atomic E-state index is 0.0738. The maximum atomic E-state index is 12.2. The van der Waals surface area contributed by atoms with Crippen LogP contribution in [-0.4, -0.2) is 43.6 Å². The zero-order valence-corrected chi connectivity index (χ0v) is 14.1. The molecule has 1 aromatic rings. The van der Waals surface area contributed by atoms with Gasteiger partial charge >= 0.3 is 5.97 Å². The van der Waals surface area contributed by atoms with Crippen molar-refractivity contribution in [2.24, 2.45) is 5.92 Å². The number of aryl methyl sites for hydroxylation is 1. The van der Waals surface area contributed by atoms with Gasteiger partial charge in [0.15, 0.2) is 0 Å². The molecule has 1 heterocycles. The van der Waals surface area contributed by atoms with E-state index < -0.39 is 0 Å². The van der Waals surface area contributed by atoms with Gasteiger partial charge in [0.05, 0.1) is 26.1 Å². The third kappa shape index (κ3) is 4.47. The fourth-order valence-electron chi connectivity index (χ4n) is 2.82. The van der Waals surface area contributed by atoms with Crippen LogP contribution in [0.2, 0.25) is 0 Å². The summed E-state index contributed by atoms with van der Waals surface area (Å²) < 4.78 is 10.5.